The molecule has 2 heterocycles. The van der Waals surface area contributed by atoms with Crippen molar-refractivity contribution in [2.45, 2.75) is 12.0 Å². The Bertz CT molecular complexity index is 1060. The highest BCUT2D eigenvalue weighted by molar-refractivity contribution is 6.10. The quantitative estimate of drug-likeness (QED) is 0.620. The van der Waals surface area contributed by atoms with Crippen LogP contribution in [0.15, 0.2) is 48.5 Å². The molecule has 4 rings (SSSR count). The molecule has 0 aliphatic carbocycles. The maximum Gasteiger partial charge on any atom is 0.325 e. The fourth-order valence-corrected chi connectivity index (χ4v) is 3.63. The summed E-state index contributed by atoms with van der Waals surface area (Å²) in [4.78, 5) is 50.6. The van der Waals surface area contributed by atoms with Crippen LogP contribution in [0.25, 0.3) is 0 Å². The van der Waals surface area contributed by atoms with E-state index in [-0.39, 0.29) is 19.6 Å². The third kappa shape index (κ3) is 3.91. The summed E-state index contributed by atoms with van der Waals surface area (Å²) in [6.07, 6.45) is 0.243. The lowest BCUT2D eigenvalue weighted by atomic mass is 9.84. The average Bonchev–Trinajstić information content (AvgIpc) is 2.99. The van der Waals surface area contributed by atoms with Crippen molar-refractivity contribution in [3.8, 4) is 5.75 Å². The second-order valence-corrected chi connectivity index (χ2v) is 7.15. The predicted molar refractivity (Wildman–Crippen MR) is 107 cm³/mol. The molecule has 0 bridgehead atoms. The van der Waals surface area contributed by atoms with Gasteiger partial charge in [0.15, 0.2) is 5.54 Å². The molecule has 160 valence electrons. The number of fused-ring (bicyclic) bond motifs is 2. The molecule has 2 aromatic carbocycles. The fraction of sp³-hybridized carbons (Fsp3) is 0.238. The van der Waals surface area contributed by atoms with Gasteiger partial charge in [-0.25, -0.2) is 9.18 Å². The number of amides is 5. The van der Waals surface area contributed by atoms with Crippen LogP contribution < -0.4 is 20.7 Å². The Balaban J connectivity index is 1.37. The second-order valence-electron chi connectivity index (χ2n) is 7.15. The predicted octanol–water partition coefficient (Wildman–Crippen LogP) is 1.11. The Labute approximate surface area is 176 Å². The van der Waals surface area contributed by atoms with Gasteiger partial charge in [0.1, 0.15) is 18.1 Å². The molecule has 10 heteroatoms. The third-order valence-corrected chi connectivity index (χ3v) is 5.13. The van der Waals surface area contributed by atoms with E-state index in [2.05, 4.69) is 16.0 Å². The highest BCUT2D eigenvalue weighted by atomic mass is 19.1. The molecule has 3 N–H and O–H groups in total. The molecule has 31 heavy (non-hydrogen) atoms. The van der Waals surface area contributed by atoms with Gasteiger partial charge < -0.3 is 20.7 Å². The van der Waals surface area contributed by atoms with Gasteiger partial charge in [-0.3, -0.25) is 19.3 Å². The van der Waals surface area contributed by atoms with E-state index in [9.17, 15) is 23.6 Å². The summed E-state index contributed by atoms with van der Waals surface area (Å²) in [6.45, 7) is -0.659. The topological polar surface area (TPSA) is 117 Å². The molecule has 1 fully saturated rings. The molecule has 0 unspecified atom stereocenters. The first-order valence-electron chi connectivity index (χ1n) is 9.57. The molecule has 2 aromatic rings. The van der Waals surface area contributed by atoms with Crippen LogP contribution in [0, 0.1) is 5.82 Å². The van der Waals surface area contributed by atoms with E-state index >= 15 is 0 Å². The summed E-state index contributed by atoms with van der Waals surface area (Å²) in [5.74, 6) is -1.68. The van der Waals surface area contributed by atoms with Crippen LogP contribution in [-0.4, -0.2) is 48.3 Å². The number of urea groups is 1. The summed E-state index contributed by atoms with van der Waals surface area (Å²) in [6, 6.07) is 11.4. The van der Waals surface area contributed by atoms with Gasteiger partial charge in [-0.1, -0.05) is 18.2 Å². The van der Waals surface area contributed by atoms with E-state index < -0.39 is 41.7 Å². The fourth-order valence-electron chi connectivity index (χ4n) is 3.63. The molecule has 1 spiro atoms. The lowest BCUT2D eigenvalue weighted by Crippen LogP contribution is -2.48. The van der Waals surface area contributed by atoms with Gasteiger partial charge in [-0.2, -0.15) is 0 Å². The maximum atomic E-state index is 13.1. The number of ether oxygens (including phenoxy) is 1. The van der Waals surface area contributed by atoms with Crippen molar-refractivity contribution >= 4 is 29.4 Å². The summed E-state index contributed by atoms with van der Waals surface area (Å²) in [7, 11) is 0. The van der Waals surface area contributed by atoms with Crippen molar-refractivity contribution in [1.29, 1.82) is 0 Å². The molecular formula is C21H19FN4O5. The highest BCUT2D eigenvalue weighted by Crippen LogP contribution is 2.40. The van der Waals surface area contributed by atoms with Gasteiger partial charge in [0, 0.05) is 17.7 Å². The third-order valence-electron chi connectivity index (χ3n) is 5.13. The summed E-state index contributed by atoms with van der Waals surface area (Å²) >= 11 is 0. The molecule has 0 radical (unpaired) electrons. The molecule has 0 saturated carbocycles. The van der Waals surface area contributed by atoms with Gasteiger partial charge in [0.2, 0.25) is 11.8 Å². The van der Waals surface area contributed by atoms with Crippen LogP contribution in [0.2, 0.25) is 0 Å². The van der Waals surface area contributed by atoms with Gasteiger partial charge in [0.05, 0.1) is 13.2 Å². The Morgan fingerprint density at radius 3 is 2.61 bits per heavy atom. The van der Waals surface area contributed by atoms with E-state index in [0.717, 1.165) is 4.90 Å². The van der Waals surface area contributed by atoms with Gasteiger partial charge in [-0.05, 0) is 30.3 Å². The van der Waals surface area contributed by atoms with Crippen LogP contribution >= 0.6 is 0 Å². The number of hydrogen-bond donors (Lipinski definition) is 3. The minimum atomic E-state index is -1.27. The highest BCUT2D eigenvalue weighted by Gasteiger charge is 2.55. The molecule has 2 aliphatic rings. The van der Waals surface area contributed by atoms with E-state index in [1.165, 1.54) is 24.3 Å². The van der Waals surface area contributed by atoms with Gasteiger partial charge in [0.25, 0.3) is 5.91 Å². The van der Waals surface area contributed by atoms with E-state index in [0.29, 0.717) is 17.0 Å². The van der Waals surface area contributed by atoms with E-state index in [1.54, 1.807) is 24.3 Å². The smallest absolute Gasteiger partial charge is 0.325 e. The zero-order chi connectivity index (χ0) is 22.0. The number of para-hydroxylation sites is 1. The standard InChI is InChI=1S/C21H19FN4O5/c22-13-5-7-14(8-6-13)24-17(27)11-23-18(28)12-26-19(29)21(25-20(26)30)9-10-31-16-4-2-1-3-15(16)21/h1-8H,9-12H2,(H,23,28)(H,24,27)(H,25,30)/t21-/m0/s1. The van der Waals surface area contributed by atoms with Gasteiger partial charge >= 0.3 is 6.03 Å². The summed E-state index contributed by atoms with van der Waals surface area (Å²) in [5.41, 5.74) is -0.359. The lowest BCUT2D eigenvalue weighted by molar-refractivity contribution is -0.136. The van der Waals surface area contributed by atoms with E-state index in [4.69, 9.17) is 4.74 Å². The number of nitrogens with zero attached hydrogens (tertiary/aromatic N) is 1. The van der Waals surface area contributed by atoms with Crippen LogP contribution in [0.1, 0.15) is 12.0 Å². The minimum Gasteiger partial charge on any atom is -0.493 e. The number of anilines is 1. The lowest BCUT2D eigenvalue weighted by Gasteiger charge is -2.33. The number of carbonyl (C=O) groups is 4. The van der Waals surface area contributed by atoms with Crippen molar-refractivity contribution in [3.63, 3.8) is 0 Å². The van der Waals surface area contributed by atoms with Crippen molar-refractivity contribution < 1.29 is 28.3 Å². The number of carbonyl (C=O) groups excluding carboxylic acids is 4. The zero-order valence-corrected chi connectivity index (χ0v) is 16.3. The minimum absolute atomic E-state index is 0.243. The number of rotatable bonds is 5. The summed E-state index contributed by atoms with van der Waals surface area (Å²) in [5, 5.41) is 7.57. The number of halogens is 1. The molecule has 9 nitrogen and oxygen atoms in total. The van der Waals surface area contributed by atoms with Crippen LogP contribution in [-0.2, 0) is 19.9 Å². The molecule has 2 aliphatic heterocycles. The van der Waals surface area contributed by atoms with Crippen LogP contribution in [0.5, 0.6) is 5.75 Å². The van der Waals surface area contributed by atoms with Crippen molar-refractivity contribution in [2.24, 2.45) is 0 Å². The number of imide groups is 1. The number of hydrogen-bond acceptors (Lipinski definition) is 5. The maximum absolute atomic E-state index is 13.1. The zero-order valence-electron chi connectivity index (χ0n) is 16.3. The largest absolute Gasteiger partial charge is 0.493 e. The second kappa shape index (κ2) is 8.05. The molecule has 0 aromatic heterocycles. The van der Waals surface area contributed by atoms with Crippen molar-refractivity contribution in [3.05, 3.63) is 59.9 Å². The average molecular weight is 426 g/mol. The number of nitrogens with one attached hydrogen (secondary N) is 3. The molecule has 1 atom stereocenters. The van der Waals surface area contributed by atoms with Crippen LogP contribution in [0.4, 0.5) is 14.9 Å². The summed E-state index contributed by atoms with van der Waals surface area (Å²) < 4.78 is 18.5. The Morgan fingerprint density at radius 2 is 1.84 bits per heavy atom. The molecule has 5 amide bonds. The van der Waals surface area contributed by atoms with Crippen molar-refractivity contribution in [2.75, 3.05) is 25.0 Å². The SMILES string of the molecule is O=C(CN1C(=O)N[C@]2(CCOc3ccccc32)C1=O)NCC(=O)Nc1ccc(F)cc1. The molecular weight excluding hydrogens is 407 g/mol. The van der Waals surface area contributed by atoms with E-state index in [1.807, 2.05) is 0 Å². The normalized spacial score (nSPS) is 19.5. The van der Waals surface area contributed by atoms with Crippen LogP contribution in [0.3, 0.4) is 0 Å². The van der Waals surface area contributed by atoms with Gasteiger partial charge in [-0.15, -0.1) is 0 Å². The molecule has 1 saturated heterocycles. The van der Waals surface area contributed by atoms with Crippen molar-refractivity contribution in [1.82, 2.24) is 15.5 Å². The Hall–Kier alpha value is -3.95. The first-order valence-corrected chi connectivity index (χ1v) is 9.57. The first-order chi connectivity index (χ1) is 14.9. The first kappa shape index (κ1) is 20.3. The Morgan fingerprint density at radius 1 is 1.10 bits per heavy atom. The Kier molecular flexibility index (Phi) is 5.28. The number of benzene rings is 2. The monoisotopic (exact) mass is 426 g/mol.